The summed E-state index contributed by atoms with van der Waals surface area (Å²) in [5.74, 6) is 1.10. The van der Waals surface area contributed by atoms with Gasteiger partial charge in [-0.05, 0) is 30.7 Å². The standard InChI is InChI=1S/C13H19N3O2/c1-3-4-5-12(14)16-13(17)15-10-6-8-11(18-2)9-7-10/h6-9H,3-5H2,1-2H3,(H3,14,15,16,17). The van der Waals surface area contributed by atoms with E-state index in [1.165, 1.54) is 0 Å². The lowest BCUT2D eigenvalue weighted by Crippen LogP contribution is -2.17. The number of carbonyl (C=O) groups excluding carboxylic acids is 1. The van der Waals surface area contributed by atoms with Crippen LogP contribution in [0, 0.1) is 0 Å². The Bertz CT molecular complexity index is 413. The van der Waals surface area contributed by atoms with Crippen molar-refractivity contribution in [2.75, 3.05) is 12.4 Å². The van der Waals surface area contributed by atoms with Gasteiger partial charge in [0.2, 0.25) is 0 Å². The van der Waals surface area contributed by atoms with Gasteiger partial charge in [0.1, 0.15) is 11.6 Å². The van der Waals surface area contributed by atoms with Crippen LogP contribution in [0.1, 0.15) is 26.2 Å². The summed E-state index contributed by atoms with van der Waals surface area (Å²) in [4.78, 5) is 15.3. The summed E-state index contributed by atoms with van der Waals surface area (Å²) < 4.78 is 5.02. The quantitative estimate of drug-likeness (QED) is 0.622. The SMILES string of the molecule is CCCCC(N)=NC(=O)Nc1ccc(OC)cc1. The predicted molar refractivity (Wildman–Crippen MR) is 73.2 cm³/mol. The minimum absolute atomic E-state index is 0.364. The highest BCUT2D eigenvalue weighted by Gasteiger charge is 2.01. The maximum absolute atomic E-state index is 11.5. The lowest BCUT2D eigenvalue weighted by molar-refractivity contribution is 0.259. The number of amidine groups is 1. The van der Waals surface area contributed by atoms with E-state index < -0.39 is 6.03 Å². The summed E-state index contributed by atoms with van der Waals surface area (Å²) in [6.45, 7) is 2.06. The zero-order valence-corrected chi connectivity index (χ0v) is 10.8. The number of methoxy groups -OCH3 is 1. The van der Waals surface area contributed by atoms with Crippen LogP contribution < -0.4 is 15.8 Å². The van der Waals surface area contributed by atoms with Gasteiger partial charge in [0.15, 0.2) is 0 Å². The van der Waals surface area contributed by atoms with E-state index in [1.54, 1.807) is 31.4 Å². The zero-order chi connectivity index (χ0) is 13.4. The van der Waals surface area contributed by atoms with Crippen molar-refractivity contribution in [2.24, 2.45) is 10.7 Å². The zero-order valence-electron chi connectivity index (χ0n) is 10.8. The highest BCUT2D eigenvalue weighted by atomic mass is 16.5. The first-order chi connectivity index (χ1) is 8.65. The Morgan fingerprint density at radius 1 is 1.39 bits per heavy atom. The van der Waals surface area contributed by atoms with Crippen LogP contribution in [0.5, 0.6) is 5.75 Å². The van der Waals surface area contributed by atoms with E-state index in [1.807, 2.05) is 0 Å². The van der Waals surface area contributed by atoms with Gasteiger partial charge in [-0.15, -0.1) is 0 Å². The number of ether oxygens (including phenoxy) is 1. The van der Waals surface area contributed by atoms with E-state index in [4.69, 9.17) is 10.5 Å². The Morgan fingerprint density at radius 3 is 2.61 bits per heavy atom. The van der Waals surface area contributed by atoms with Crippen LogP contribution in [0.15, 0.2) is 29.3 Å². The number of hydrogen-bond acceptors (Lipinski definition) is 2. The molecule has 1 aromatic carbocycles. The molecule has 1 aromatic rings. The van der Waals surface area contributed by atoms with Crippen molar-refractivity contribution in [3.63, 3.8) is 0 Å². The molecule has 0 radical (unpaired) electrons. The van der Waals surface area contributed by atoms with Crippen molar-refractivity contribution in [3.8, 4) is 5.75 Å². The monoisotopic (exact) mass is 249 g/mol. The van der Waals surface area contributed by atoms with E-state index in [0.29, 0.717) is 17.9 Å². The molecule has 3 N–H and O–H groups in total. The van der Waals surface area contributed by atoms with E-state index >= 15 is 0 Å². The fraction of sp³-hybridized carbons (Fsp3) is 0.385. The number of unbranched alkanes of at least 4 members (excludes halogenated alkanes) is 1. The molecule has 0 bridgehead atoms. The average molecular weight is 249 g/mol. The van der Waals surface area contributed by atoms with Crippen LogP contribution in [0.4, 0.5) is 10.5 Å². The Hall–Kier alpha value is -2.04. The number of anilines is 1. The van der Waals surface area contributed by atoms with Crippen molar-refractivity contribution in [1.29, 1.82) is 0 Å². The van der Waals surface area contributed by atoms with Crippen molar-refractivity contribution >= 4 is 17.6 Å². The van der Waals surface area contributed by atoms with Crippen LogP contribution in [-0.2, 0) is 0 Å². The number of nitrogens with one attached hydrogen (secondary N) is 1. The molecule has 1 rings (SSSR count). The topological polar surface area (TPSA) is 76.7 Å². The summed E-state index contributed by atoms with van der Waals surface area (Å²) in [5, 5.41) is 2.64. The van der Waals surface area contributed by atoms with Crippen LogP contribution in [-0.4, -0.2) is 19.0 Å². The number of amides is 2. The van der Waals surface area contributed by atoms with E-state index in [-0.39, 0.29) is 0 Å². The van der Waals surface area contributed by atoms with Gasteiger partial charge >= 0.3 is 6.03 Å². The minimum atomic E-state index is -0.450. The maximum Gasteiger partial charge on any atom is 0.347 e. The lowest BCUT2D eigenvalue weighted by atomic mass is 10.2. The van der Waals surface area contributed by atoms with Gasteiger partial charge < -0.3 is 15.8 Å². The molecule has 0 spiro atoms. The minimum Gasteiger partial charge on any atom is -0.497 e. The average Bonchev–Trinajstić information content (AvgIpc) is 2.37. The van der Waals surface area contributed by atoms with Gasteiger partial charge in [-0.2, -0.15) is 4.99 Å². The molecule has 5 heteroatoms. The van der Waals surface area contributed by atoms with Crippen molar-refractivity contribution < 1.29 is 9.53 Å². The second-order valence-corrected chi connectivity index (χ2v) is 3.87. The molecule has 0 heterocycles. The number of urea groups is 1. The number of hydrogen-bond donors (Lipinski definition) is 2. The molecular formula is C13H19N3O2. The fourth-order valence-corrected chi connectivity index (χ4v) is 1.37. The third kappa shape index (κ3) is 4.86. The van der Waals surface area contributed by atoms with Gasteiger partial charge in [-0.25, -0.2) is 4.79 Å². The second-order valence-electron chi connectivity index (χ2n) is 3.87. The second kappa shape index (κ2) is 7.32. The summed E-state index contributed by atoms with van der Waals surface area (Å²) in [7, 11) is 1.59. The molecule has 98 valence electrons. The number of aliphatic imine (C=N–C) groups is 1. The van der Waals surface area contributed by atoms with Crippen LogP contribution in [0.25, 0.3) is 0 Å². The Morgan fingerprint density at radius 2 is 2.06 bits per heavy atom. The molecule has 5 nitrogen and oxygen atoms in total. The van der Waals surface area contributed by atoms with Gasteiger partial charge in [0.05, 0.1) is 7.11 Å². The van der Waals surface area contributed by atoms with Crippen molar-refractivity contribution in [1.82, 2.24) is 0 Å². The molecule has 18 heavy (non-hydrogen) atoms. The molecule has 0 unspecified atom stereocenters. The first-order valence-corrected chi connectivity index (χ1v) is 5.93. The highest BCUT2D eigenvalue weighted by Crippen LogP contribution is 2.15. The number of rotatable bonds is 5. The Kier molecular flexibility index (Phi) is 5.70. The number of nitrogens with zero attached hydrogens (tertiary/aromatic N) is 1. The van der Waals surface area contributed by atoms with Gasteiger partial charge in [0, 0.05) is 12.1 Å². The molecular weight excluding hydrogens is 230 g/mol. The highest BCUT2D eigenvalue weighted by molar-refractivity contribution is 5.99. The summed E-state index contributed by atoms with van der Waals surface area (Å²) >= 11 is 0. The van der Waals surface area contributed by atoms with Gasteiger partial charge in [0.25, 0.3) is 0 Å². The van der Waals surface area contributed by atoms with Crippen LogP contribution >= 0.6 is 0 Å². The van der Waals surface area contributed by atoms with E-state index in [2.05, 4.69) is 17.2 Å². The Labute approximate surface area is 107 Å². The molecule has 0 aliphatic heterocycles. The first-order valence-electron chi connectivity index (χ1n) is 5.93. The molecule has 0 atom stereocenters. The van der Waals surface area contributed by atoms with Gasteiger partial charge in [-0.1, -0.05) is 13.3 Å². The van der Waals surface area contributed by atoms with Crippen molar-refractivity contribution in [2.45, 2.75) is 26.2 Å². The molecule has 0 aliphatic rings. The third-order valence-electron chi connectivity index (χ3n) is 2.37. The number of carbonyl (C=O) groups is 1. The molecule has 0 saturated carbocycles. The smallest absolute Gasteiger partial charge is 0.347 e. The van der Waals surface area contributed by atoms with Crippen LogP contribution in [0.2, 0.25) is 0 Å². The molecule has 0 aromatic heterocycles. The predicted octanol–water partition coefficient (Wildman–Crippen LogP) is 2.77. The first kappa shape index (κ1) is 14.0. The normalized spacial score (nSPS) is 11.1. The lowest BCUT2D eigenvalue weighted by Gasteiger charge is -2.04. The summed E-state index contributed by atoms with van der Waals surface area (Å²) in [5.41, 5.74) is 6.29. The number of benzene rings is 1. The van der Waals surface area contributed by atoms with Gasteiger partial charge in [-0.3, -0.25) is 0 Å². The van der Waals surface area contributed by atoms with E-state index in [9.17, 15) is 4.79 Å². The molecule has 0 saturated heterocycles. The fourth-order valence-electron chi connectivity index (χ4n) is 1.37. The Balaban J connectivity index is 2.53. The van der Waals surface area contributed by atoms with E-state index in [0.717, 1.165) is 18.6 Å². The van der Waals surface area contributed by atoms with Crippen molar-refractivity contribution in [3.05, 3.63) is 24.3 Å². The largest absolute Gasteiger partial charge is 0.497 e. The summed E-state index contributed by atoms with van der Waals surface area (Å²) in [6, 6.07) is 6.57. The molecule has 0 aliphatic carbocycles. The number of nitrogens with two attached hydrogens (primary N) is 1. The maximum atomic E-state index is 11.5. The van der Waals surface area contributed by atoms with Crippen LogP contribution in [0.3, 0.4) is 0 Å². The summed E-state index contributed by atoms with van der Waals surface area (Å²) in [6.07, 6.45) is 2.61. The molecule has 0 fully saturated rings. The third-order valence-corrected chi connectivity index (χ3v) is 2.37. The molecule has 2 amide bonds.